The van der Waals surface area contributed by atoms with Crippen molar-refractivity contribution in [2.24, 2.45) is 5.73 Å². The zero-order chi connectivity index (χ0) is 10.7. The van der Waals surface area contributed by atoms with Gasteiger partial charge in [0.1, 0.15) is 0 Å². The molecule has 6 heteroatoms. The first-order valence-corrected chi connectivity index (χ1v) is 4.18. The zero-order valence-electron chi connectivity index (χ0n) is 7.66. The van der Waals surface area contributed by atoms with Crippen molar-refractivity contribution < 1.29 is 4.79 Å². The molecule has 0 aliphatic rings. The number of rotatable bonds is 2. The molecule has 2 N–H and O–H groups in total. The van der Waals surface area contributed by atoms with E-state index >= 15 is 0 Å². The first kappa shape index (κ1) is 9.20. The number of nitrogens with two attached hydrogens (primary N) is 1. The van der Waals surface area contributed by atoms with Gasteiger partial charge in [0, 0.05) is 11.1 Å². The fourth-order valence-corrected chi connectivity index (χ4v) is 1.13. The Morgan fingerprint density at radius 2 is 1.93 bits per heavy atom. The molecule has 0 bridgehead atoms. The molecule has 1 heterocycles. The van der Waals surface area contributed by atoms with Gasteiger partial charge in [-0.2, -0.15) is 0 Å². The van der Waals surface area contributed by atoms with Gasteiger partial charge >= 0.3 is 0 Å². The van der Waals surface area contributed by atoms with Crippen LogP contribution in [0.15, 0.2) is 30.6 Å². The van der Waals surface area contributed by atoms with Gasteiger partial charge in [-0.05, 0) is 12.1 Å². The third kappa shape index (κ3) is 1.93. The monoisotopic (exact) mass is 201 g/mol. The molecular weight excluding hydrogens is 194 g/mol. The number of aromatic nitrogens is 4. The lowest BCUT2D eigenvalue weighted by Crippen LogP contribution is -2.10. The van der Waals surface area contributed by atoms with Crippen LogP contribution in [-0.2, 0) is 0 Å². The maximum absolute atomic E-state index is 10.9. The Labute approximate surface area is 85.2 Å². The minimum Gasteiger partial charge on any atom is -0.366 e. The molecule has 0 aliphatic carbocycles. The van der Waals surface area contributed by atoms with Crippen molar-refractivity contribution in [3.8, 4) is 11.4 Å². The molecule has 0 spiro atoms. The number of hydrogen-bond acceptors (Lipinski definition) is 5. The van der Waals surface area contributed by atoms with Crippen LogP contribution in [0.1, 0.15) is 10.4 Å². The summed E-state index contributed by atoms with van der Waals surface area (Å²) in [6.45, 7) is 0. The van der Waals surface area contributed by atoms with Crippen molar-refractivity contribution in [3.63, 3.8) is 0 Å². The normalized spacial score (nSPS) is 9.87. The topological polar surface area (TPSA) is 94.7 Å². The van der Waals surface area contributed by atoms with E-state index in [4.69, 9.17) is 5.73 Å². The maximum Gasteiger partial charge on any atom is 0.248 e. The van der Waals surface area contributed by atoms with Gasteiger partial charge < -0.3 is 5.73 Å². The predicted molar refractivity (Wildman–Crippen MR) is 51.6 cm³/mol. The summed E-state index contributed by atoms with van der Waals surface area (Å²) < 4.78 is 0. The molecule has 74 valence electrons. The van der Waals surface area contributed by atoms with Gasteiger partial charge in [-0.3, -0.25) is 4.79 Å². The highest BCUT2D eigenvalue weighted by molar-refractivity contribution is 5.93. The minimum atomic E-state index is -0.492. The molecule has 15 heavy (non-hydrogen) atoms. The van der Waals surface area contributed by atoms with E-state index in [1.807, 2.05) is 0 Å². The molecule has 0 aliphatic heterocycles. The summed E-state index contributed by atoms with van der Waals surface area (Å²) in [5.74, 6) is -0.130. The van der Waals surface area contributed by atoms with Crippen LogP contribution in [0, 0.1) is 0 Å². The molecule has 0 fully saturated rings. The van der Waals surface area contributed by atoms with Crippen molar-refractivity contribution >= 4 is 5.91 Å². The molecule has 0 atom stereocenters. The van der Waals surface area contributed by atoms with E-state index in [-0.39, 0.29) is 0 Å². The second-order valence-corrected chi connectivity index (χ2v) is 2.82. The Morgan fingerprint density at radius 1 is 1.20 bits per heavy atom. The first-order chi connectivity index (χ1) is 7.27. The molecule has 0 radical (unpaired) electrons. The van der Waals surface area contributed by atoms with Crippen LogP contribution in [0.4, 0.5) is 0 Å². The summed E-state index contributed by atoms with van der Waals surface area (Å²) in [5.41, 5.74) is 6.21. The van der Waals surface area contributed by atoms with Crippen LogP contribution in [-0.4, -0.2) is 26.3 Å². The van der Waals surface area contributed by atoms with E-state index < -0.39 is 5.91 Å². The summed E-state index contributed by atoms with van der Waals surface area (Å²) in [6, 6.07) is 6.67. The van der Waals surface area contributed by atoms with Crippen molar-refractivity contribution in [2.75, 3.05) is 0 Å². The largest absolute Gasteiger partial charge is 0.366 e. The highest BCUT2D eigenvalue weighted by atomic mass is 16.1. The molecule has 1 amide bonds. The Balaban J connectivity index is 2.46. The van der Waals surface area contributed by atoms with Crippen molar-refractivity contribution in [1.82, 2.24) is 20.4 Å². The fraction of sp³-hybridized carbons (Fsp3) is 0. The van der Waals surface area contributed by atoms with E-state index in [2.05, 4.69) is 20.4 Å². The molecule has 0 saturated heterocycles. The standard InChI is InChI=1S/C9H7N5O/c10-8(15)6-2-1-3-7(4-6)9-13-11-5-12-14-9/h1-5H,(H2,10,15). The number of amides is 1. The summed E-state index contributed by atoms with van der Waals surface area (Å²) in [7, 11) is 0. The Bertz CT molecular complexity index is 485. The lowest BCUT2D eigenvalue weighted by molar-refractivity contribution is 0.100. The number of nitrogens with zero attached hydrogens (tertiary/aromatic N) is 4. The van der Waals surface area contributed by atoms with Crippen molar-refractivity contribution in [1.29, 1.82) is 0 Å². The van der Waals surface area contributed by atoms with Gasteiger partial charge in [-0.1, -0.05) is 12.1 Å². The van der Waals surface area contributed by atoms with E-state index in [1.54, 1.807) is 24.3 Å². The number of carbonyl (C=O) groups is 1. The summed E-state index contributed by atoms with van der Waals surface area (Å²) in [6.07, 6.45) is 1.24. The van der Waals surface area contributed by atoms with Gasteiger partial charge in [0.2, 0.25) is 11.7 Å². The average Bonchev–Trinajstić information content (AvgIpc) is 2.30. The van der Waals surface area contributed by atoms with Crippen LogP contribution >= 0.6 is 0 Å². The van der Waals surface area contributed by atoms with E-state index in [0.29, 0.717) is 17.0 Å². The third-order valence-corrected chi connectivity index (χ3v) is 1.81. The van der Waals surface area contributed by atoms with Gasteiger partial charge in [0.05, 0.1) is 0 Å². The summed E-state index contributed by atoms with van der Waals surface area (Å²) in [4.78, 5) is 10.9. The van der Waals surface area contributed by atoms with Gasteiger partial charge in [-0.25, -0.2) is 0 Å². The zero-order valence-corrected chi connectivity index (χ0v) is 7.66. The second-order valence-electron chi connectivity index (χ2n) is 2.82. The summed E-state index contributed by atoms with van der Waals surface area (Å²) >= 11 is 0. The second kappa shape index (κ2) is 3.79. The Hall–Kier alpha value is -2.37. The highest BCUT2D eigenvalue weighted by Gasteiger charge is 2.05. The number of carbonyl (C=O) groups excluding carboxylic acids is 1. The number of primary amides is 1. The minimum absolute atomic E-state index is 0.362. The third-order valence-electron chi connectivity index (χ3n) is 1.81. The smallest absolute Gasteiger partial charge is 0.248 e. The van der Waals surface area contributed by atoms with E-state index in [1.165, 1.54) is 6.33 Å². The maximum atomic E-state index is 10.9. The Morgan fingerprint density at radius 3 is 2.60 bits per heavy atom. The van der Waals surface area contributed by atoms with Crippen LogP contribution in [0.5, 0.6) is 0 Å². The fourth-order valence-electron chi connectivity index (χ4n) is 1.13. The molecule has 1 aromatic heterocycles. The van der Waals surface area contributed by atoms with Crippen molar-refractivity contribution in [2.45, 2.75) is 0 Å². The summed E-state index contributed by atoms with van der Waals surface area (Å²) in [5, 5.41) is 14.7. The lowest BCUT2D eigenvalue weighted by Gasteiger charge is -1.99. The molecule has 2 aromatic rings. The molecular formula is C9H7N5O. The van der Waals surface area contributed by atoms with Crippen LogP contribution in [0.2, 0.25) is 0 Å². The Kier molecular flexibility index (Phi) is 2.32. The van der Waals surface area contributed by atoms with Crippen molar-refractivity contribution in [3.05, 3.63) is 36.2 Å². The van der Waals surface area contributed by atoms with Crippen LogP contribution in [0.25, 0.3) is 11.4 Å². The van der Waals surface area contributed by atoms with Gasteiger partial charge in [-0.15, -0.1) is 20.4 Å². The number of hydrogen-bond donors (Lipinski definition) is 1. The van der Waals surface area contributed by atoms with Gasteiger partial charge in [0.15, 0.2) is 6.33 Å². The first-order valence-electron chi connectivity index (χ1n) is 4.18. The molecule has 6 nitrogen and oxygen atoms in total. The highest BCUT2D eigenvalue weighted by Crippen LogP contribution is 2.14. The quantitative estimate of drug-likeness (QED) is 0.739. The van der Waals surface area contributed by atoms with E-state index in [0.717, 1.165) is 0 Å². The SMILES string of the molecule is NC(=O)c1cccc(-c2nncnn2)c1. The number of benzene rings is 1. The average molecular weight is 201 g/mol. The van der Waals surface area contributed by atoms with E-state index in [9.17, 15) is 4.79 Å². The lowest BCUT2D eigenvalue weighted by atomic mass is 10.1. The molecule has 1 aromatic carbocycles. The molecule has 2 rings (SSSR count). The van der Waals surface area contributed by atoms with Gasteiger partial charge in [0.25, 0.3) is 0 Å². The van der Waals surface area contributed by atoms with Crippen LogP contribution < -0.4 is 5.73 Å². The molecule has 0 saturated carbocycles. The molecule has 0 unspecified atom stereocenters. The predicted octanol–water partition coefficient (Wildman–Crippen LogP) is 0.0325. The van der Waals surface area contributed by atoms with Crippen LogP contribution in [0.3, 0.4) is 0 Å².